The number of aliphatic hydroxyl groups excluding tert-OH is 1. The number of nitrogens with zero attached hydrogens (tertiary/aromatic N) is 1. The molecule has 1 aromatic carbocycles. The molecule has 29 heavy (non-hydrogen) atoms. The molecule has 0 radical (unpaired) electrons. The van der Waals surface area contributed by atoms with Crippen LogP contribution in [0.3, 0.4) is 0 Å². The molecule has 1 amide bonds. The topological polar surface area (TPSA) is 77.8 Å². The van der Waals surface area contributed by atoms with Gasteiger partial charge < -0.3 is 15.1 Å². The van der Waals surface area contributed by atoms with Crippen LogP contribution >= 0.6 is 0 Å². The Bertz CT molecular complexity index is 658. The van der Waals surface area contributed by atoms with Crippen LogP contribution in [0.2, 0.25) is 0 Å². The first-order valence-corrected chi connectivity index (χ1v) is 10.9. The monoisotopic (exact) mass is 401 g/mol. The minimum atomic E-state index is -0.773. The van der Waals surface area contributed by atoms with E-state index in [0.717, 1.165) is 32.1 Å². The average molecular weight is 402 g/mol. The number of benzene rings is 1. The highest BCUT2D eigenvalue weighted by Crippen LogP contribution is 2.25. The molecule has 160 valence electrons. The lowest BCUT2D eigenvalue weighted by Gasteiger charge is -2.26. The summed E-state index contributed by atoms with van der Waals surface area (Å²) in [6.45, 7) is 2.68. The zero-order chi connectivity index (χ0) is 21.1. The third-order valence-electron chi connectivity index (χ3n) is 5.87. The maximum atomic E-state index is 12.2. The van der Waals surface area contributed by atoms with Gasteiger partial charge in [-0.3, -0.25) is 9.59 Å². The molecule has 1 heterocycles. The molecule has 3 atom stereocenters. The maximum absolute atomic E-state index is 12.2. The van der Waals surface area contributed by atoms with Gasteiger partial charge in [0.05, 0.1) is 6.10 Å². The Balaban J connectivity index is 1.70. The number of carboxylic acids is 1. The third-order valence-corrected chi connectivity index (χ3v) is 5.87. The Hall–Kier alpha value is -2.14. The van der Waals surface area contributed by atoms with Crippen LogP contribution in [0, 0.1) is 5.92 Å². The van der Waals surface area contributed by atoms with Crippen LogP contribution in [0.25, 0.3) is 0 Å². The van der Waals surface area contributed by atoms with Crippen molar-refractivity contribution in [2.75, 3.05) is 6.54 Å². The van der Waals surface area contributed by atoms with Gasteiger partial charge in [-0.05, 0) is 56.4 Å². The summed E-state index contributed by atoms with van der Waals surface area (Å²) in [7, 11) is 0. The van der Waals surface area contributed by atoms with Crippen molar-refractivity contribution >= 4 is 11.9 Å². The second kappa shape index (κ2) is 12.4. The molecule has 0 aromatic heterocycles. The number of aryl methyl sites for hydroxylation is 1. The largest absolute Gasteiger partial charge is 0.481 e. The van der Waals surface area contributed by atoms with Crippen LogP contribution in [0.1, 0.15) is 63.9 Å². The highest BCUT2D eigenvalue weighted by molar-refractivity contribution is 5.78. The molecule has 1 aliphatic rings. The van der Waals surface area contributed by atoms with Crippen LogP contribution in [0.5, 0.6) is 0 Å². The van der Waals surface area contributed by atoms with E-state index in [0.29, 0.717) is 25.8 Å². The van der Waals surface area contributed by atoms with E-state index in [9.17, 15) is 14.7 Å². The second-order valence-corrected chi connectivity index (χ2v) is 8.14. The zero-order valence-corrected chi connectivity index (χ0v) is 17.5. The van der Waals surface area contributed by atoms with Gasteiger partial charge in [0.2, 0.25) is 5.91 Å². The third kappa shape index (κ3) is 8.40. The molecule has 5 heteroatoms. The first kappa shape index (κ1) is 23.1. The fourth-order valence-electron chi connectivity index (χ4n) is 3.90. The number of allylic oxidation sites excluding steroid dienone is 1. The number of likely N-dealkylation sites (tertiary alicyclic amines) is 1. The highest BCUT2D eigenvalue weighted by atomic mass is 16.4. The normalized spacial score (nSPS) is 19.0. The molecule has 0 bridgehead atoms. The number of carbonyl (C=O) groups excluding carboxylic acids is 1. The number of unbranched alkanes of at least 4 members (excludes halogenated alkanes) is 1. The Morgan fingerprint density at radius 2 is 2.00 bits per heavy atom. The SMILES string of the molecule is C[C@@H](CCc1ccccc1)[C@H](O)CCC1CCC(=O)N1CC=CCCCC(=O)O. The fourth-order valence-corrected chi connectivity index (χ4v) is 3.90. The smallest absolute Gasteiger partial charge is 0.303 e. The number of hydrogen-bond acceptors (Lipinski definition) is 3. The maximum Gasteiger partial charge on any atom is 0.303 e. The van der Waals surface area contributed by atoms with Gasteiger partial charge in [-0.1, -0.05) is 49.4 Å². The minimum Gasteiger partial charge on any atom is -0.481 e. The summed E-state index contributed by atoms with van der Waals surface area (Å²) in [5.74, 6) is -0.364. The van der Waals surface area contributed by atoms with Crippen molar-refractivity contribution < 1.29 is 19.8 Å². The standard InChI is InChI=1S/C24H35NO4/c1-19(12-13-20-9-5-4-6-10-20)22(26)16-14-21-15-17-23(27)25(21)18-8-3-2-7-11-24(28)29/h3-6,8-10,19,21-22,26H,2,7,11-18H2,1H3,(H,28,29)/t19-,21?,22+/m0/s1. The van der Waals surface area contributed by atoms with E-state index >= 15 is 0 Å². The number of amides is 1. The van der Waals surface area contributed by atoms with Crippen molar-refractivity contribution in [2.24, 2.45) is 5.92 Å². The molecular weight excluding hydrogens is 366 g/mol. The van der Waals surface area contributed by atoms with Crippen molar-refractivity contribution in [2.45, 2.75) is 76.9 Å². The van der Waals surface area contributed by atoms with Gasteiger partial charge in [-0.2, -0.15) is 0 Å². The Morgan fingerprint density at radius 3 is 2.72 bits per heavy atom. The number of aliphatic hydroxyl groups is 1. The molecule has 0 saturated carbocycles. The van der Waals surface area contributed by atoms with Crippen molar-refractivity contribution in [1.82, 2.24) is 4.90 Å². The highest BCUT2D eigenvalue weighted by Gasteiger charge is 2.30. The fraction of sp³-hybridized carbons (Fsp3) is 0.583. The Morgan fingerprint density at radius 1 is 1.24 bits per heavy atom. The van der Waals surface area contributed by atoms with Crippen LogP contribution in [-0.2, 0) is 16.0 Å². The average Bonchev–Trinajstić information content (AvgIpc) is 3.07. The second-order valence-electron chi connectivity index (χ2n) is 8.14. The summed E-state index contributed by atoms with van der Waals surface area (Å²) in [6, 6.07) is 10.5. The lowest BCUT2D eigenvalue weighted by molar-refractivity contribution is -0.137. The number of carboxylic acid groups (broad SMARTS) is 1. The predicted octanol–water partition coefficient (Wildman–Crippen LogP) is 4.20. The van der Waals surface area contributed by atoms with E-state index in [4.69, 9.17) is 5.11 Å². The van der Waals surface area contributed by atoms with E-state index < -0.39 is 5.97 Å². The first-order chi connectivity index (χ1) is 14.0. The van der Waals surface area contributed by atoms with E-state index in [1.165, 1.54) is 5.56 Å². The summed E-state index contributed by atoms with van der Waals surface area (Å²) < 4.78 is 0. The number of rotatable bonds is 13. The Kier molecular flexibility index (Phi) is 9.92. The van der Waals surface area contributed by atoms with Gasteiger partial charge in [0.15, 0.2) is 0 Å². The van der Waals surface area contributed by atoms with Gasteiger partial charge in [-0.25, -0.2) is 0 Å². The van der Waals surface area contributed by atoms with E-state index in [1.54, 1.807) is 0 Å². The first-order valence-electron chi connectivity index (χ1n) is 10.9. The van der Waals surface area contributed by atoms with Crippen LogP contribution in [0.15, 0.2) is 42.5 Å². The number of carbonyl (C=O) groups is 2. The molecule has 2 rings (SSSR count). The van der Waals surface area contributed by atoms with Gasteiger partial charge in [0.25, 0.3) is 0 Å². The molecule has 2 N–H and O–H groups in total. The van der Waals surface area contributed by atoms with E-state index in [2.05, 4.69) is 19.1 Å². The molecule has 0 spiro atoms. The number of hydrogen-bond donors (Lipinski definition) is 2. The van der Waals surface area contributed by atoms with Crippen LogP contribution < -0.4 is 0 Å². The zero-order valence-electron chi connectivity index (χ0n) is 17.5. The van der Waals surface area contributed by atoms with E-state index in [-0.39, 0.29) is 30.4 Å². The summed E-state index contributed by atoms with van der Waals surface area (Å²) in [5, 5.41) is 19.2. The molecule has 5 nitrogen and oxygen atoms in total. The minimum absolute atomic E-state index is 0.177. The van der Waals surface area contributed by atoms with Crippen molar-refractivity contribution in [3.05, 3.63) is 48.0 Å². The molecular formula is C24H35NO4. The van der Waals surface area contributed by atoms with Gasteiger partial charge in [0, 0.05) is 25.4 Å². The lowest BCUT2D eigenvalue weighted by atomic mass is 9.92. The molecule has 1 fully saturated rings. The van der Waals surface area contributed by atoms with Crippen LogP contribution in [0.4, 0.5) is 0 Å². The predicted molar refractivity (Wildman–Crippen MR) is 115 cm³/mol. The number of aliphatic carboxylic acids is 1. The van der Waals surface area contributed by atoms with Crippen molar-refractivity contribution in [3.63, 3.8) is 0 Å². The lowest BCUT2D eigenvalue weighted by Crippen LogP contribution is -2.34. The Labute approximate surface area is 174 Å². The molecule has 0 aliphatic carbocycles. The summed E-state index contributed by atoms with van der Waals surface area (Å²) >= 11 is 0. The summed E-state index contributed by atoms with van der Waals surface area (Å²) in [4.78, 5) is 24.6. The van der Waals surface area contributed by atoms with Gasteiger partial charge in [-0.15, -0.1) is 0 Å². The van der Waals surface area contributed by atoms with Crippen molar-refractivity contribution in [1.29, 1.82) is 0 Å². The van der Waals surface area contributed by atoms with Gasteiger partial charge >= 0.3 is 5.97 Å². The summed E-state index contributed by atoms with van der Waals surface area (Å²) in [5.41, 5.74) is 1.30. The molecule has 1 unspecified atom stereocenters. The molecule has 1 aromatic rings. The molecule has 1 aliphatic heterocycles. The van der Waals surface area contributed by atoms with Gasteiger partial charge in [0.1, 0.15) is 0 Å². The molecule has 1 saturated heterocycles. The van der Waals surface area contributed by atoms with Crippen LogP contribution in [-0.4, -0.2) is 45.7 Å². The van der Waals surface area contributed by atoms with Crippen molar-refractivity contribution in [3.8, 4) is 0 Å². The summed E-state index contributed by atoms with van der Waals surface area (Å²) in [6.07, 6.45) is 10.0. The quantitative estimate of drug-likeness (QED) is 0.384. The van der Waals surface area contributed by atoms with E-state index in [1.807, 2.05) is 35.3 Å².